The van der Waals surface area contributed by atoms with Crippen molar-refractivity contribution in [2.45, 2.75) is 33.1 Å². The molecule has 2 amide bonds. The lowest BCUT2D eigenvalue weighted by atomic mass is 9.87. The van der Waals surface area contributed by atoms with Crippen LogP contribution in [-0.4, -0.2) is 23.4 Å². The van der Waals surface area contributed by atoms with Crippen molar-refractivity contribution >= 4 is 28.6 Å². The topological polar surface area (TPSA) is 72.6 Å². The Balaban J connectivity index is 1.54. The fourth-order valence-corrected chi connectivity index (χ4v) is 4.03. The molecule has 0 saturated carbocycles. The molecule has 6 heteroatoms. The molecular formula is C27H24N2O4. The standard InChI is InChI=1S/C27H24N2O4/c1-5-32-23-9-7-6-8-21(23)29-25(30)18-12-10-16(14-19(18)26(29)31)24-28-20-15-17(27(2,3)4)11-13-22(20)33-24/h6-15H,5H2,1-4H3. The number of oxazole rings is 1. The van der Waals surface area contributed by atoms with Gasteiger partial charge in [0.25, 0.3) is 11.8 Å². The van der Waals surface area contributed by atoms with Gasteiger partial charge in [-0.15, -0.1) is 0 Å². The lowest BCUT2D eigenvalue weighted by molar-refractivity contribution is 0.0925. The van der Waals surface area contributed by atoms with E-state index in [9.17, 15) is 9.59 Å². The largest absolute Gasteiger partial charge is 0.492 e. The van der Waals surface area contributed by atoms with Gasteiger partial charge in [0.05, 0.1) is 23.4 Å². The highest BCUT2D eigenvalue weighted by Crippen LogP contribution is 2.37. The molecule has 6 nitrogen and oxygen atoms in total. The van der Waals surface area contributed by atoms with Crippen LogP contribution in [0.4, 0.5) is 5.69 Å². The lowest BCUT2D eigenvalue weighted by Gasteiger charge is -2.18. The van der Waals surface area contributed by atoms with Gasteiger partial charge in [-0.05, 0) is 60.4 Å². The molecule has 1 aliphatic heterocycles. The van der Waals surface area contributed by atoms with E-state index in [-0.39, 0.29) is 11.3 Å². The monoisotopic (exact) mass is 440 g/mol. The molecule has 1 aliphatic rings. The third kappa shape index (κ3) is 3.48. The number of amides is 2. The van der Waals surface area contributed by atoms with Crippen molar-refractivity contribution < 1.29 is 18.7 Å². The van der Waals surface area contributed by atoms with E-state index in [0.717, 1.165) is 11.1 Å². The molecule has 5 rings (SSSR count). The van der Waals surface area contributed by atoms with Crippen LogP contribution in [0.2, 0.25) is 0 Å². The van der Waals surface area contributed by atoms with Crippen molar-refractivity contribution in [3.63, 3.8) is 0 Å². The smallest absolute Gasteiger partial charge is 0.266 e. The van der Waals surface area contributed by atoms with Gasteiger partial charge in [0.1, 0.15) is 11.3 Å². The molecule has 0 atom stereocenters. The third-order valence-electron chi connectivity index (χ3n) is 5.79. The van der Waals surface area contributed by atoms with Crippen LogP contribution in [0, 0.1) is 0 Å². The fourth-order valence-electron chi connectivity index (χ4n) is 4.03. The van der Waals surface area contributed by atoms with Crippen LogP contribution in [0.3, 0.4) is 0 Å². The minimum atomic E-state index is -0.393. The Morgan fingerprint density at radius 1 is 0.939 bits per heavy atom. The molecule has 0 unspecified atom stereocenters. The van der Waals surface area contributed by atoms with E-state index in [1.807, 2.05) is 31.2 Å². The first-order valence-electron chi connectivity index (χ1n) is 10.9. The molecule has 0 aliphatic carbocycles. The van der Waals surface area contributed by atoms with Gasteiger partial charge in [-0.1, -0.05) is 39.0 Å². The quantitative estimate of drug-likeness (QED) is 0.364. The van der Waals surface area contributed by atoms with Crippen molar-refractivity contribution in [1.82, 2.24) is 4.98 Å². The van der Waals surface area contributed by atoms with Crippen LogP contribution in [-0.2, 0) is 5.41 Å². The molecule has 3 aromatic carbocycles. The Bertz CT molecular complexity index is 1410. The molecule has 33 heavy (non-hydrogen) atoms. The lowest BCUT2D eigenvalue weighted by Crippen LogP contribution is -2.29. The molecule has 0 N–H and O–H groups in total. The zero-order valence-electron chi connectivity index (χ0n) is 19.0. The summed E-state index contributed by atoms with van der Waals surface area (Å²) >= 11 is 0. The summed E-state index contributed by atoms with van der Waals surface area (Å²) in [6, 6.07) is 18.1. The number of imide groups is 1. The van der Waals surface area contributed by atoms with E-state index in [1.165, 1.54) is 4.90 Å². The SMILES string of the molecule is CCOc1ccccc1N1C(=O)c2ccc(-c3nc4cc(C(C)(C)C)ccc4o3)cc2C1=O. The molecule has 166 valence electrons. The number of anilines is 1. The van der Waals surface area contributed by atoms with Gasteiger partial charge < -0.3 is 9.15 Å². The summed E-state index contributed by atoms with van der Waals surface area (Å²) in [5.74, 6) is 0.131. The number of rotatable bonds is 4. The highest BCUT2D eigenvalue weighted by Gasteiger charge is 2.38. The zero-order valence-corrected chi connectivity index (χ0v) is 19.0. The van der Waals surface area contributed by atoms with Crippen molar-refractivity contribution in [3.05, 3.63) is 77.4 Å². The van der Waals surface area contributed by atoms with Gasteiger partial charge in [-0.2, -0.15) is 0 Å². The van der Waals surface area contributed by atoms with Gasteiger partial charge in [-0.25, -0.2) is 9.88 Å². The summed E-state index contributed by atoms with van der Waals surface area (Å²) in [7, 11) is 0. The Kier molecular flexibility index (Phi) is 4.81. The number of hydrogen-bond donors (Lipinski definition) is 0. The average Bonchev–Trinajstić information content (AvgIpc) is 3.32. The van der Waals surface area contributed by atoms with Crippen molar-refractivity contribution in [1.29, 1.82) is 0 Å². The van der Waals surface area contributed by atoms with Gasteiger partial charge in [-0.3, -0.25) is 9.59 Å². The number of nitrogens with zero attached hydrogens (tertiary/aromatic N) is 2. The third-order valence-corrected chi connectivity index (χ3v) is 5.79. The van der Waals surface area contributed by atoms with E-state index in [1.54, 1.807) is 36.4 Å². The maximum atomic E-state index is 13.3. The summed E-state index contributed by atoms with van der Waals surface area (Å²) in [4.78, 5) is 32.2. The first-order chi connectivity index (χ1) is 15.8. The van der Waals surface area contributed by atoms with Crippen LogP contribution in [0.25, 0.3) is 22.6 Å². The average molecular weight is 440 g/mol. The maximum Gasteiger partial charge on any atom is 0.266 e. The Labute approximate surface area is 191 Å². The highest BCUT2D eigenvalue weighted by atomic mass is 16.5. The van der Waals surface area contributed by atoms with Crippen LogP contribution in [0.5, 0.6) is 5.75 Å². The van der Waals surface area contributed by atoms with Crippen molar-refractivity contribution in [2.24, 2.45) is 0 Å². The summed E-state index contributed by atoms with van der Waals surface area (Å²) in [6.07, 6.45) is 0. The second kappa shape index (κ2) is 7.59. The van der Waals surface area contributed by atoms with Gasteiger partial charge in [0, 0.05) is 5.56 Å². The molecule has 0 fully saturated rings. The maximum absolute atomic E-state index is 13.3. The Morgan fingerprint density at radius 2 is 1.70 bits per heavy atom. The number of aromatic nitrogens is 1. The molecular weight excluding hydrogens is 416 g/mol. The minimum Gasteiger partial charge on any atom is -0.492 e. The normalized spacial score (nSPS) is 13.6. The van der Waals surface area contributed by atoms with Crippen LogP contribution < -0.4 is 9.64 Å². The van der Waals surface area contributed by atoms with E-state index < -0.39 is 5.91 Å². The van der Waals surface area contributed by atoms with E-state index in [0.29, 0.717) is 46.2 Å². The predicted octanol–water partition coefficient (Wildman–Crippen LogP) is 5.99. The number of carbonyl (C=O) groups excluding carboxylic acids is 2. The molecule has 0 saturated heterocycles. The van der Waals surface area contributed by atoms with Gasteiger partial charge >= 0.3 is 0 Å². The molecule has 1 aromatic heterocycles. The summed E-state index contributed by atoms with van der Waals surface area (Å²) in [6.45, 7) is 8.73. The molecule has 0 spiro atoms. The number of para-hydroxylation sites is 2. The van der Waals surface area contributed by atoms with E-state index >= 15 is 0 Å². The van der Waals surface area contributed by atoms with Crippen LogP contribution in [0.15, 0.2) is 65.1 Å². The first-order valence-corrected chi connectivity index (χ1v) is 10.9. The summed E-state index contributed by atoms with van der Waals surface area (Å²) in [5.41, 5.74) is 4.33. The predicted molar refractivity (Wildman–Crippen MR) is 127 cm³/mol. The molecule has 2 heterocycles. The van der Waals surface area contributed by atoms with E-state index in [2.05, 4.69) is 25.8 Å². The molecule has 0 bridgehead atoms. The number of benzene rings is 3. The van der Waals surface area contributed by atoms with Crippen molar-refractivity contribution in [3.8, 4) is 17.2 Å². The fraction of sp³-hybridized carbons (Fsp3) is 0.222. The number of ether oxygens (including phenoxy) is 1. The number of fused-ring (bicyclic) bond motifs is 2. The highest BCUT2D eigenvalue weighted by molar-refractivity contribution is 6.35. The van der Waals surface area contributed by atoms with E-state index in [4.69, 9.17) is 9.15 Å². The van der Waals surface area contributed by atoms with Crippen LogP contribution in [0.1, 0.15) is 54.0 Å². The zero-order chi connectivity index (χ0) is 23.3. The Morgan fingerprint density at radius 3 is 2.45 bits per heavy atom. The summed E-state index contributed by atoms with van der Waals surface area (Å²) in [5, 5.41) is 0. The van der Waals surface area contributed by atoms with Crippen LogP contribution >= 0.6 is 0 Å². The summed E-state index contributed by atoms with van der Waals surface area (Å²) < 4.78 is 11.6. The number of carbonyl (C=O) groups is 2. The number of hydrogen-bond acceptors (Lipinski definition) is 5. The first kappa shape index (κ1) is 20.9. The van der Waals surface area contributed by atoms with Gasteiger partial charge in [0.2, 0.25) is 5.89 Å². The van der Waals surface area contributed by atoms with Crippen molar-refractivity contribution in [2.75, 3.05) is 11.5 Å². The molecule has 4 aromatic rings. The Hall–Kier alpha value is -3.93. The van der Waals surface area contributed by atoms with Gasteiger partial charge in [0.15, 0.2) is 5.58 Å². The minimum absolute atomic E-state index is 0.00507. The molecule has 0 radical (unpaired) electrons. The second-order valence-corrected chi connectivity index (χ2v) is 9.06. The second-order valence-electron chi connectivity index (χ2n) is 9.06.